The van der Waals surface area contributed by atoms with Gasteiger partial charge in [0.15, 0.2) is 0 Å². The number of fused-ring (bicyclic) bond motifs is 1. The Morgan fingerprint density at radius 1 is 1.28 bits per heavy atom. The third-order valence-corrected chi connectivity index (χ3v) is 5.38. The molecule has 29 heavy (non-hydrogen) atoms. The highest BCUT2D eigenvalue weighted by atomic mass is 16.4. The van der Waals surface area contributed by atoms with Gasteiger partial charge in [-0.15, -0.1) is 0 Å². The molecule has 0 spiro atoms. The number of H-pyrrole nitrogens is 1. The van der Waals surface area contributed by atoms with E-state index in [4.69, 9.17) is 0 Å². The van der Waals surface area contributed by atoms with E-state index in [1.165, 1.54) is 0 Å². The Morgan fingerprint density at radius 3 is 2.76 bits per heavy atom. The van der Waals surface area contributed by atoms with Gasteiger partial charge < -0.3 is 20.1 Å². The Balaban J connectivity index is 1.57. The molecule has 2 aromatic heterocycles. The molecule has 1 aliphatic heterocycles. The minimum atomic E-state index is -0.902. The second-order valence-electron chi connectivity index (χ2n) is 7.03. The molecule has 1 saturated heterocycles. The first kappa shape index (κ1) is 18.9. The van der Waals surface area contributed by atoms with E-state index < -0.39 is 12.0 Å². The number of carboxylic acid groups (broad SMARTS) is 1. The first-order chi connectivity index (χ1) is 14.1. The van der Waals surface area contributed by atoms with Crippen LogP contribution in [0.4, 0.5) is 5.82 Å². The molecule has 3 heterocycles. The smallest absolute Gasteiger partial charge is 0.325 e. The number of carboxylic acids is 1. The van der Waals surface area contributed by atoms with Gasteiger partial charge >= 0.3 is 5.97 Å². The van der Waals surface area contributed by atoms with Crippen LogP contribution >= 0.6 is 0 Å². The molecular weight excluding hydrogens is 370 g/mol. The number of anilines is 1. The molecule has 1 atom stereocenters. The zero-order valence-corrected chi connectivity index (χ0v) is 15.7. The molecule has 4 rings (SSSR count). The van der Waals surface area contributed by atoms with Gasteiger partial charge in [0, 0.05) is 55.0 Å². The fourth-order valence-electron chi connectivity index (χ4n) is 3.93. The summed E-state index contributed by atoms with van der Waals surface area (Å²) in [4.78, 5) is 23.6. The molecule has 0 bridgehead atoms. The molecule has 1 fully saturated rings. The summed E-state index contributed by atoms with van der Waals surface area (Å²) < 4.78 is 0. The average Bonchev–Trinajstić information content (AvgIpc) is 3.17. The van der Waals surface area contributed by atoms with Gasteiger partial charge in [-0.05, 0) is 23.8 Å². The minimum absolute atomic E-state index is 0.0627. The normalized spacial score (nSPS) is 15.9. The summed E-state index contributed by atoms with van der Waals surface area (Å²) in [5.41, 5.74) is 2.81. The van der Waals surface area contributed by atoms with E-state index >= 15 is 0 Å². The van der Waals surface area contributed by atoms with E-state index in [0.29, 0.717) is 43.1 Å². The van der Waals surface area contributed by atoms with Crippen molar-refractivity contribution in [1.82, 2.24) is 14.9 Å². The molecule has 0 aliphatic carbocycles. The van der Waals surface area contributed by atoms with Crippen molar-refractivity contribution in [3.8, 4) is 6.07 Å². The summed E-state index contributed by atoms with van der Waals surface area (Å²) >= 11 is 0. The molecule has 1 aromatic carbocycles. The summed E-state index contributed by atoms with van der Waals surface area (Å²) in [5.74, 6) is -0.258. The Bertz CT molecular complexity index is 1080. The van der Waals surface area contributed by atoms with Crippen molar-refractivity contribution in [2.24, 2.45) is 0 Å². The fraction of sp³-hybridized carbons (Fsp3) is 0.286. The number of nitrogens with zero attached hydrogens (tertiary/aromatic N) is 4. The van der Waals surface area contributed by atoms with Gasteiger partial charge in [-0.3, -0.25) is 9.69 Å². The molecule has 3 N–H and O–H groups in total. The number of rotatable bonds is 5. The molecular formula is C21H21N5O3. The molecule has 8 nitrogen and oxygen atoms in total. The van der Waals surface area contributed by atoms with E-state index in [1.54, 1.807) is 30.6 Å². The summed E-state index contributed by atoms with van der Waals surface area (Å²) in [5, 5.41) is 29.4. The lowest BCUT2D eigenvalue weighted by Gasteiger charge is -2.38. The van der Waals surface area contributed by atoms with Crippen LogP contribution in [0, 0.1) is 11.3 Å². The fourth-order valence-corrected chi connectivity index (χ4v) is 3.93. The Kier molecular flexibility index (Phi) is 5.16. The van der Waals surface area contributed by atoms with Crippen molar-refractivity contribution in [3.05, 3.63) is 59.4 Å². The molecule has 148 valence electrons. The highest BCUT2D eigenvalue weighted by molar-refractivity contribution is 5.89. The number of benzene rings is 1. The number of pyridine rings is 1. The highest BCUT2D eigenvalue weighted by Gasteiger charge is 2.32. The monoisotopic (exact) mass is 391 g/mol. The highest BCUT2D eigenvalue weighted by Crippen LogP contribution is 2.31. The van der Waals surface area contributed by atoms with Crippen LogP contribution in [-0.2, 0) is 11.4 Å². The van der Waals surface area contributed by atoms with E-state index in [0.717, 1.165) is 16.5 Å². The summed E-state index contributed by atoms with van der Waals surface area (Å²) in [6.45, 7) is 2.20. The number of aliphatic carboxylic acids is 1. The maximum absolute atomic E-state index is 12.2. The molecule has 0 unspecified atom stereocenters. The van der Waals surface area contributed by atoms with Gasteiger partial charge in [0.05, 0.1) is 12.2 Å². The Labute approximate surface area is 167 Å². The van der Waals surface area contributed by atoms with Crippen LogP contribution in [0.3, 0.4) is 0 Å². The minimum Gasteiger partial charge on any atom is -0.480 e. The number of aromatic amines is 1. The predicted octanol–water partition coefficient (Wildman–Crippen LogP) is 1.87. The van der Waals surface area contributed by atoms with Crippen LogP contribution in [0.25, 0.3) is 10.9 Å². The van der Waals surface area contributed by atoms with Crippen LogP contribution in [0.15, 0.2) is 42.7 Å². The number of nitriles is 1. The average molecular weight is 391 g/mol. The van der Waals surface area contributed by atoms with Gasteiger partial charge in [0.1, 0.15) is 17.9 Å². The van der Waals surface area contributed by atoms with Crippen molar-refractivity contribution in [1.29, 1.82) is 5.26 Å². The van der Waals surface area contributed by atoms with Crippen molar-refractivity contribution < 1.29 is 15.0 Å². The molecule has 1 aliphatic rings. The maximum Gasteiger partial charge on any atom is 0.325 e. The third-order valence-electron chi connectivity index (χ3n) is 5.38. The molecule has 0 radical (unpaired) electrons. The maximum atomic E-state index is 12.2. The van der Waals surface area contributed by atoms with Crippen LogP contribution in [0.5, 0.6) is 0 Å². The van der Waals surface area contributed by atoms with Gasteiger partial charge in [-0.1, -0.05) is 12.1 Å². The third kappa shape index (κ3) is 3.53. The van der Waals surface area contributed by atoms with Crippen LogP contribution in [-0.4, -0.2) is 57.2 Å². The van der Waals surface area contributed by atoms with Crippen LogP contribution in [0.2, 0.25) is 0 Å². The largest absolute Gasteiger partial charge is 0.480 e. The lowest BCUT2D eigenvalue weighted by molar-refractivity contribution is -0.143. The zero-order valence-electron chi connectivity index (χ0n) is 15.7. The van der Waals surface area contributed by atoms with E-state index in [2.05, 4.69) is 16.0 Å². The first-order valence-corrected chi connectivity index (χ1v) is 9.40. The van der Waals surface area contributed by atoms with Crippen molar-refractivity contribution in [2.75, 3.05) is 31.1 Å². The SMILES string of the molecule is N#Cc1cccnc1N1CCN([C@H](C(=O)O)c2c[nH]c3cc(CO)ccc23)CC1. The summed E-state index contributed by atoms with van der Waals surface area (Å²) in [6, 6.07) is 10.4. The van der Waals surface area contributed by atoms with Gasteiger partial charge in [-0.2, -0.15) is 5.26 Å². The predicted molar refractivity (Wildman–Crippen MR) is 107 cm³/mol. The quantitative estimate of drug-likeness (QED) is 0.608. The first-order valence-electron chi connectivity index (χ1n) is 9.40. The van der Waals surface area contributed by atoms with Crippen molar-refractivity contribution >= 4 is 22.7 Å². The molecule has 0 amide bonds. The molecule has 0 saturated carbocycles. The molecule has 3 aromatic rings. The standard InChI is InChI=1S/C21H21N5O3/c22-11-15-2-1-5-23-20(15)26-8-6-25(7-9-26)19(21(28)29)17-12-24-18-10-14(13-27)3-4-16(17)18/h1-5,10,12,19,24,27H,6-9,13H2,(H,28,29)/t19-/m0/s1. The topological polar surface area (TPSA) is 116 Å². The number of aliphatic hydroxyl groups is 1. The number of carbonyl (C=O) groups is 1. The van der Waals surface area contributed by atoms with E-state index in [-0.39, 0.29) is 6.61 Å². The van der Waals surface area contributed by atoms with Gasteiger partial charge in [0.25, 0.3) is 0 Å². The Hall–Kier alpha value is -3.41. The molecule has 8 heteroatoms. The second-order valence-corrected chi connectivity index (χ2v) is 7.03. The number of aromatic nitrogens is 2. The number of aliphatic hydroxyl groups excluding tert-OH is 1. The van der Waals surface area contributed by atoms with Crippen LogP contribution in [0.1, 0.15) is 22.7 Å². The summed E-state index contributed by atoms with van der Waals surface area (Å²) in [6.07, 6.45) is 3.40. The van der Waals surface area contributed by atoms with Crippen molar-refractivity contribution in [3.63, 3.8) is 0 Å². The number of hydrogen-bond acceptors (Lipinski definition) is 6. The van der Waals surface area contributed by atoms with Gasteiger partial charge in [0.2, 0.25) is 0 Å². The van der Waals surface area contributed by atoms with E-state index in [1.807, 2.05) is 21.9 Å². The summed E-state index contributed by atoms with van der Waals surface area (Å²) in [7, 11) is 0. The van der Waals surface area contributed by atoms with Crippen LogP contribution < -0.4 is 4.90 Å². The van der Waals surface area contributed by atoms with E-state index in [9.17, 15) is 20.3 Å². The lowest BCUT2D eigenvalue weighted by Crippen LogP contribution is -2.49. The number of piperazine rings is 1. The lowest BCUT2D eigenvalue weighted by atomic mass is 10.0. The number of nitrogens with one attached hydrogen (secondary N) is 1. The van der Waals surface area contributed by atoms with Crippen molar-refractivity contribution in [2.45, 2.75) is 12.6 Å². The Morgan fingerprint density at radius 2 is 2.07 bits per heavy atom. The second kappa shape index (κ2) is 7.91. The zero-order chi connectivity index (χ0) is 20.4. The van der Waals surface area contributed by atoms with Gasteiger partial charge in [-0.25, -0.2) is 4.98 Å². The number of hydrogen-bond donors (Lipinski definition) is 3.